The Hall–Kier alpha value is -1.01. The fourth-order valence-electron chi connectivity index (χ4n) is 1.24. The monoisotopic (exact) mass is 255 g/mol. The van der Waals surface area contributed by atoms with Crippen molar-refractivity contribution in [2.24, 2.45) is 0 Å². The van der Waals surface area contributed by atoms with Gasteiger partial charge in [-0.1, -0.05) is 4.49 Å². The molecular weight excluding hydrogens is 242 g/mol. The van der Waals surface area contributed by atoms with E-state index in [1.165, 1.54) is 11.5 Å². The van der Waals surface area contributed by atoms with Crippen molar-refractivity contribution in [2.75, 3.05) is 11.9 Å². The molecule has 0 amide bonds. The van der Waals surface area contributed by atoms with Crippen LogP contribution in [0, 0.1) is 0 Å². The maximum absolute atomic E-state index is 5.26. The highest BCUT2D eigenvalue weighted by atomic mass is 32.2. The lowest BCUT2D eigenvalue weighted by atomic mass is 10.5. The second-order valence-electron chi connectivity index (χ2n) is 3.15. The summed E-state index contributed by atoms with van der Waals surface area (Å²) in [4.78, 5) is 0. The number of hydrogen-bond acceptors (Lipinski definition) is 6. The third-order valence-corrected chi connectivity index (χ3v) is 3.65. The summed E-state index contributed by atoms with van der Waals surface area (Å²) >= 11 is 3.19. The third-order valence-electron chi connectivity index (χ3n) is 1.96. The van der Waals surface area contributed by atoms with Crippen LogP contribution in [0.4, 0.5) is 5.00 Å². The first-order chi connectivity index (χ1) is 7.90. The molecule has 2 aromatic heterocycles. The van der Waals surface area contributed by atoms with E-state index >= 15 is 0 Å². The molecule has 0 atom stereocenters. The van der Waals surface area contributed by atoms with E-state index in [9.17, 15) is 0 Å². The zero-order chi connectivity index (χ0) is 11.2. The summed E-state index contributed by atoms with van der Waals surface area (Å²) in [6, 6.07) is 3.89. The standard InChI is InChI=1S/C10H13N3OS2/c1-2-11-10-9(12-13-16-10)7-15-6-8-4-3-5-14-8/h3-5,11H,2,6-7H2,1H3. The van der Waals surface area contributed by atoms with Crippen molar-refractivity contribution < 1.29 is 4.42 Å². The lowest BCUT2D eigenvalue weighted by Gasteiger charge is -2.01. The van der Waals surface area contributed by atoms with E-state index in [4.69, 9.17) is 4.42 Å². The highest BCUT2D eigenvalue weighted by molar-refractivity contribution is 7.97. The Morgan fingerprint density at radius 3 is 3.19 bits per heavy atom. The average molecular weight is 255 g/mol. The highest BCUT2D eigenvalue weighted by Crippen LogP contribution is 2.24. The molecule has 6 heteroatoms. The fourth-order valence-corrected chi connectivity index (χ4v) is 2.84. The molecule has 0 spiro atoms. The normalized spacial score (nSPS) is 10.6. The van der Waals surface area contributed by atoms with E-state index in [2.05, 4.69) is 21.8 Å². The van der Waals surface area contributed by atoms with Crippen LogP contribution in [-0.2, 0) is 11.5 Å². The third kappa shape index (κ3) is 2.99. The number of furan rings is 1. The summed E-state index contributed by atoms with van der Waals surface area (Å²) in [5.74, 6) is 2.73. The maximum Gasteiger partial charge on any atom is 0.134 e. The highest BCUT2D eigenvalue weighted by Gasteiger charge is 2.07. The fraction of sp³-hybridized carbons (Fsp3) is 0.400. The molecule has 2 aromatic rings. The minimum atomic E-state index is 0.861. The van der Waals surface area contributed by atoms with Crippen molar-refractivity contribution in [1.82, 2.24) is 9.59 Å². The Bertz CT molecular complexity index is 413. The smallest absolute Gasteiger partial charge is 0.134 e. The summed E-state index contributed by atoms with van der Waals surface area (Å²) < 4.78 is 9.21. The van der Waals surface area contributed by atoms with Crippen LogP contribution in [0.5, 0.6) is 0 Å². The summed E-state index contributed by atoms with van der Waals surface area (Å²) in [5, 5.41) is 8.44. The van der Waals surface area contributed by atoms with Crippen molar-refractivity contribution in [1.29, 1.82) is 0 Å². The lowest BCUT2D eigenvalue weighted by molar-refractivity contribution is 0.530. The van der Waals surface area contributed by atoms with Gasteiger partial charge >= 0.3 is 0 Å². The van der Waals surface area contributed by atoms with Gasteiger partial charge in [0.1, 0.15) is 16.5 Å². The molecule has 0 radical (unpaired) electrons. The van der Waals surface area contributed by atoms with Crippen molar-refractivity contribution in [3.05, 3.63) is 29.9 Å². The first-order valence-corrected chi connectivity index (χ1v) is 6.98. The maximum atomic E-state index is 5.26. The van der Waals surface area contributed by atoms with E-state index in [1.807, 2.05) is 12.1 Å². The molecule has 0 fully saturated rings. The lowest BCUT2D eigenvalue weighted by Crippen LogP contribution is -1.97. The molecule has 0 bridgehead atoms. The van der Waals surface area contributed by atoms with Crippen LogP contribution in [0.2, 0.25) is 0 Å². The van der Waals surface area contributed by atoms with Crippen LogP contribution in [0.25, 0.3) is 0 Å². The van der Waals surface area contributed by atoms with Crippen LogP contribution in [0.3, 0.4) is 0 Å². The average Bonchev–Trinajstić information content (AvgIpc) is 2.91. The number of aromatic nitrogens is 2. The Morgan fingerprint density at radius 1 is 1.50 bits per heavy atom. The second-order valence-corrected chi connectivity index (χ2v) is 4.89. The molecule has 4 nitrogen and oxygen atoms in total. The molecule has 0 aliphatic heterocycles. The predicted octanol–water partition coefficient (Wildman–Crippen LogP) is 3.00. The predicted molar refractivity (Wildman–Crippen MR) is 67.8 cm³/mol. The van der Waals surface area contributed by atoms with E-state index in [1.54, 1.807) is 18.0 Å². The minimum Gasteiger partial charge on any atom is -0.468 e. The second kappa shape index (κ2) is 5.91. The molecule has 0 aliphatic rings. The van der Waals surface area contributed by atoms with Gasteiger partial charge in [0.05, 0.1) is 12.0 Å². The van der Waals surface area contributed by atoms with E-state index in [0.29, 0.717) is 0 Å². The van der Waals surface area contributed by atoms with Crippen LogP contribution >= 0.6 is 23.3 Å². The van der Waals surface area contributed by atoms with E-state index in [-0.39, 0.29) is 0 Å². The zero-order valence-corrected chi connectivity index (χ0v) is 10.6. The van der Waals surface area contributed by atoms with Gasteiger partial charge in [0.25, 0.3) is 0 Å². The van der Waals surface area contributed by atoms with Crippen molar-refractivity contribution in [3.8, 4) is 0 Å². The number of nitrogens with one attached hydrogen (secondary N) is 1. The van der Waals surface area contributed by atoms with Gasteiger partial charge in [0.2, 0.25) is 0 Å². The molecule has 1 N–H and O–H groups in total. The van der Waals surface area contributed by atoms with Gasteiger partial charge in [-0.15, -0.1) is 16.9 Å². The summed E-state index contributed by atoms with van der Waals surface area (Å²) in [5.41, 5.74) is 1.03. The molecule has 2 rings (SSSR count). The van der Waals surface area contributed by atoms with Gasteiger partial charge in [0, 0.05) is 23.8 Å². The summed E-state index contributed by atoms with van der Waals surface area (Å²) in [6.45, 7) is 2.97. The molecule has 0 unspecified atom stereocenters. The molecular formula is C10H13N3OS2. The molecule has 0 aromatic carbocycles. The molecule has 2 heterocycles. The summed E-state index contributed by atoms with van der Waals surface area (Å²) in [7, 11) is 0. The van der Waals surface area contributed by atoms with Crippen molar-refractivity contribution >= 4 is 28.3 Å². The quantitative estimate of drug-likeness (QED) is 0.860. The van der Waals surface area contributed by atoms with E-state index in [0.717, 1.165) is 34.5 Å². The first kappa shape index (κ1) is 11.5. The Balaban J connectivity index is 1.82. The van der Waals surface area contributed by atoms with E-state index < -0.39 is 0 Å². The summed E-state index contributed by atoms with van der Waals surface area (Å²) in [6.07, 6.45) is 1.70. The molecule has 0 aliphatic carbocycles. The molecule has 86 valence electrons. The van der Waals surface area contributed by atoms with Gasteiger partial charge in [-0.05, 0) is 19.1 Å². The van der Waals surface area contributed by atoms with Gasteiger partial charge in [-0.25, -0.2) is 0 Å². The molecule has 16 heavy (non-hydrogen) atoms. The van der Waals surface area contributed by atoms with Gasteiger partial charge in [-0.3, -0.25) is 0 Å². The zero-order valence-electron chi connectivity index (χ0n) is 8.97. The van der Waals surface area contributed by atoms with Crippen LogP contribution in [0.1, 0.15) is 18.4 Å². The number of nitrogens with zero attached hydrogens (tertiary/aromatic N) is 2. The molecule has 0 saturated carbocycles. The Morgan fingerprint density at radius 2 is 2.44 bits per heavy atom. The Labute approximate surface area is 103 Å². The SMILES string of the molecule is CCNc1snnc1CSCc1ccco1. The largest absolute Gasteiger partial charge is 0.468 e. The van der Waals surface area contributed by atoms with Crippen LogP contribution < -0.4 is 5.32 Å². The van der Waals surface area contributed by atoms with Gasteiger partial charge in [0.15, 0.2) is 0 Å². The van der Waals surface area contributed by atoms with Crippen LogP contribution in [0.15, 0.2) is 22.8 Å². The minimum absolute atomic E-state index is 0.861. The number of thioether (sulfide) groups is 1. The molecule has 0 saturated heterocycles. The number of rotatable bonds is 6. The first-order valence-electron chi connectivity index (χ1n) is 5.05. The van der Waals surface area contributed by atoms with Crippen LogP contribution in [-0.4, -0.2) is 16.1 Å². The van der Waals surface area contributed by atoms with Crippen molar-refractivity contribution in [3.63, 3.8) is 0 Å². The number of anilines is 1. The van der Waals surface area contributed by atoms with Gasteiger partial charge in [-0.2, -0.15) is 0 Å². The topological polar surface area (TPSA) is 51.0 Å². The van der Waals surface area contributed by atoms with Gasteiger partial charge < -0.3 is 9.73 Å². The number of hydrogen-bond donors (Lipinski definition) is 1. The Kier molecular flexibility index (Phi) is 4.24. The van der Waals surface area contributed by atoms with Crippen molar-refractivity contribution in [2.45, 2.75) is 18.4 Å².